The Hall–Kier alpha value is -1.85. The normalized spacial score (nSPS) is 23.6. The van der Waals surface area contributed by atoms with Crippen molar-refractivity contribution in [2.24, 2.45) is 5.41 Å². The van der Waals surface area contributed by atoms with Crippen molar-refractivity contribution >= 4 is 32.2 Å². The molecule has 2 aliphatic heterocycles. The minimum Gasteiger partial charge on any atom is -0.383 e. The van der Waals surface area contributed by atoms with Gasteiger partial charge in [-0.3, -0.25) is 9.62 Å². The van der Waals surface area contributed by atoms with Gasteiger partial charge in [-0.15, -0.1) is 11.3 Å². The van der Waals surface area contributed by atoms with Gasteiger partial charge in [0.1, 0.15) is 0 Å². The molecule has 11 heteroatoms. The number of nitrogens with one attached hydrogen (secondary N) is 2. The summed E-state index contributed by atoms with van der Waals surface area (Å²) in [4.78, 5) is 5.74. The van der Waals surface area contributed by atoms with Gasteiger partial charge in [-0.05, 0) is 49.4 Å². The molecule has 2 aliphatic rings. The number of halogens is 3. The first-order chi connectivity index (χ1) is 14.4. The molecule has 6 nitrogen and oxygen atoms in total. The van der Waals surface area contributed by atoms with Gasteiger partial charge in [0, 0.05) is 35.9 Å². The first-order valence-electron chi connectivity index (χ1n) is 10.0. The Morgan fingerprint density at radius 1 is 1.29 bits per heavy atom. The Labute approximate surface area is 183 Å². The molecule has 2 aromatic rings. The van der Waals surface area contributed by atoms with Crippen molar-refractivity contribution in [2.45, 2.75) is 49.7 Å². The molecule has 31 heavy (non-hydrogen) atoms. The van der Waals surface area contributed by atoms with Gasteiger partial charge in [0.2, 0.25) is 0 Å². The highest BCUT2D eigenvalue weighted by Gasteiger charge is 2.51. The molecule has 0 amide bonds. The maximum absolute atomic E-state index is 13.8. The summed E-state index contributed by atoms with van der Waals surface area (Å²) in [7, 11) is -4.18. The van der Waals surface area contributed by atoms with E-state index in [-0.39, 0.29) is 21.8 Å². The lowest BCUT2D eigenvalue weighted by molar-refractivity contribution is -0.137. The van der Waals surface area contributed by atoms with Crippen molar-refractivity contribution < 1.29 is 21.6 Å². The predicted octanol–water partition coefficient (Wildman–Crippen LogP) is 4.64. The lowest BCUT2D eigenvalue weighted by atomic mass is 9.82. The molecule has 0 radical (unpaired) electrons. The summed E-state index contributed by atoms with van der Waals surface area (Å²) >= 11 is 1.05. The molecule has 170 valence electrons. The summed E-state index contributed by atoms with van der Waals surface area (Å²) in [6.45, 7) is 6.65. The van der Waals surface area contributed by atoms with Crippen LogP contribution in [0.15, 0.2) is 34.7 Å². The molecule has 1 aromatic heterocycles. The van der Waals surface area contributed by atoms with Gasteiger partial charge >= 0.3 is 6.18 Å². The number of aromatic nitrogens is 1. The number of fused-ring (bicyclic) bond motifs is 1. The zero-order valence-corrected chi connectivity index (χ0v) is 18.9. The third kappa shape index (κ3) is 4.54. The fourth-order valence-corrected chi connectivity index (χ4v) is 6.77. The number of nitrogens with zero attached hydrogens (tertiary/aromatic N) is 2. The zero-order valence-electron chi connectivity index (χ0n) is 17.3. The standard InChI is InChI=1S/C20H25F3N4O2S2/c1-18(2)11-19(6-3-8-27(19)13-18)12-25-16-5-4-14(10-15(16)20(21,22)23)31(28,29)26-17-24-7-9-30-17/h4-5,7,9-10,25H,3,6,8,11-13H2,1-2H3,(H,24,26). The van der Waals surface area contributed by atoms with Crippen LogP contribution in [0.4, 0.5) is 24.0 Å². The summed E-state index contributed by atoms with van der Waals surface area (Å²) in [5.74, 6) is 0. The van der Waals surface area contributed by atoms with Crippen molar-refractivity contribution in [1.82, 2.24) is 9.88 Å². The van der Waals surface area contributed by atoms with Crippen LogP contribution in [0.1, 0.15) is 38.7 Å². The lowest BCUT2D eigenvalue weighted by Gasteiger charge is -2.33. The summed E-state index contributed by atoms with van der Waals surface area (Å²) in [6, 6.07) is 3.08. The molecule has 2 N–H and O–H groups in total. The second-order valence-electron chi connectivity index (χ2n) is 9.09. The first-order valence-corrected chi connectivity index (χ1v) is 12.4. The second-order valence-corrected chi connectivity index (χ2v) is 11.7. The Morgan fingerprint density at radius 2 is 2.06 bits per heavy atom. The van der Waals surface area contributed by atoms with Crippen LogP contribution >= 0.6 is 11.3 Å². The van der Waals surface area contributed by atoms with Crippen molar-refractivity contribution in [2.75, 3.05) is 29.7 Å². The van der Waals surface area contributed by atoms with Gasteiger partial charge in [-0.25, -0.2) is 13.4 Å². The lowest BCUT2D eigenvalue weighted by Crippen LogP contribution is -2.44. The van der Waals surface area contributed by atoms with E-state index in [1.807, 2.05) is 0 Å². The number of benzene rings is 1. The van der Waals surface area contributed by atoms with Crippen LogP contribution in [0.5, 0.6) is 0 Å². The van der Waals surface area contributed by atoms with Crippen LogP contribution in [0.2, 0.25) is 0 Å². The average molecular weight is 475 g/mol. The number of rotatable bonds is 6. The largest absolute Gasteiger partial charge is 0.418 e. The topological polar surface area (TPSA) is 74.3 Å². The molecule has 0 bridgehead atoms. The van der Waals surface area contributed by atoms with E-state index >= 15 is 0 Å². The Morgan fingerprint density at radius 3 is 2.74 bits per heavy atom. The minimum absolute atomic E-state index is 0.0973. The number of anilines is 2. The van der Waals surface area contributed by atoms with Crippen molar-refractivity contribution in [3.05, 3.63) is 35.3 Å². The highest BCUT2D eigenvalue weighted by atomic mass is 32.2. The van der Waals surface area contributed by atoms with Crippen LogP contribution in [0.3, 0.4) is 0 Å². The predicted molar refractivity (Wildman–Crippen MR) is 115 cm³/mol. The molecule has 2 saturated heterocycles. The average Bonchev–Trinajstić information content (AvgIpc) is 3.33. The van der Waals surface area contributed by atoms with E-state index < -0.39 is 26.7 Å². The van der Waals surface area contributed by atoms with E-state index in [1.54, 1.807) is 5.38 Å². The molecule has 1 aromatic carbocycles. The Balaban J connectivity index is 1.60. The summed E-state index contributed by atoms with van der Waals surface area (Å²) < 4.78 is 68.7. The highest BCUT2D eigenvalue weighted by molar-refractivity contribution is 7.93. The molecular formula is C20H25F3N4O2S2. The van der Waals surface area contributed by atoms with Gasteiger partial charge in [0.25, 0.3) is 10.0 Å². The maximum Gasteiger partial charge on any atom is 0.418 e. The zero-order chi connectivity index (χ0) is 22.5. The number of alkyl halides is 3. The SMILES string of the molecule is CC1(C)CN2CCCC2(CNc2ccc(S(=O)(=O)Nc3nccs3)cc2C(F)(F)F)C1. The molecule has 2 fully saturated rings. The summed E-state index contributed by atoms with van der Waals surface area (Å²) in [6.07, 6.45) is -0.402. The number of sulfonamides is 1. The van der Waals surface area contributed by atoms with E-state index in [4.69, 9.17) is 0 Å². The molecule has 0 saturated carbocycles. The van der Waals surface area contributed by atoms with Gasteiger partial charge in [-0.2, -0.15) is 13.2 Å². The van der Waals surface area contributed by atoms with Gasteiger partial charge in [-0.1, -0.05) is 13.8 Å². The molecular weight excluding hydrogens is 449 g/mol. The van der Waals surface area contributed by atoms with Gasteiger partial charge in [0.05, 0.1) is 10.5 Å². The molecule has 4 rings (SSSR count). The van der Waals surface area contributed by atoms with E-state index in [0.717, 1.165) is 43.7 Å². The van der Waals surface area contributed by atoms with Crippen LogP contribution in [-0.2, 0) is 16.2 Å². The Kier molecular flexibility index (Phi) is 5.50. The fourth-order valence-electron chi connectivity index (χ4n) is 4.95. The number of hydrogen-bond donors (Lipinski definition) is 2. The summed E-state index contributed by atoms with van der Waals surface area (Å²) in [5.41, 5.74) is -1.14. The Bertz CT molecular complexity index is 1050. The monoisotopic (exact) mass is 474 g/mol. The van der Waals surface area contributed by atoms with E-state index in [9.17, 15) is 21.6 Å². The van der Waals surface area contributed by atoms with Crippen LogP contribution in [0.25, 0.3) is 0 Å². The molecule has 3 heterocycles. The second kappa shape index (κ2) is 7.63. The van der Waals surface area contributed by atoms with Crippen LogP contribution < -0.4 is 10.0 Å². The molecule has 0 aliphatic carbocycles. The van der Waals surface area contributed by atoms with Gasteiger partial charge in [0.15, 0.2) is 5.13 Å². The minimum atomic E-state index is -4.70. The fraction of sp³-hybridized carbons (Fsp3) is 0.550. The smallest absolute Gasteiger partial charge is 0.383 e. The first kappa shape index (κ1) is 22.3. The molecule has 1 atom stereocenters. The van der Waals surface area contributed by atoms with E-state index in [1.165, 1.54) is 18.3 Å². The van der Waals surface area contributed by atoms with Crippen molar-refractivity contribution in [1.29, 1.82) is 0 Å². The van der Waals surface area contributed by atoms with Crippen LogP contribution in [-0.4, -0.2) is 43.5 Å². The van der Waals surface area contributed by atoms with Crippen molar-refractivity contribution in [3.63, 3.8) is 0 Å². The quantitative estimate of drug-likeness (QED) is 0.638. The van der Waals surface area contributed by atoms with E-state index in [0.29, 0.717) is 12.6 Å². The summed E-state index contributed by atoms with van der Waals surface area (Å²) in [5, 5.41) is 4.67. The molecule has 0 spiro atoms. The van der Waals surface area contributed by atoms with Gasteiger partial charge < -0.3 is 5.32 Å². The highest BCUT2D eigenvalue weighted by Crippen LogP contribution is 2.47. The van der Waals surface area contributed by atoms with E-state index in [2.05, 4.69) is 33.8 Å². The number of thiazole rings is 1. The maximum atomic E-state index is 13.8. The molecule has 1 unspecified atom stereocenters. The van der Waals surface area contributed by atoms with Crippen molar-refractivity contribution in [3.8, 4) is 0 Å². The van der Waals surface area contributed by atoms with Crippen LogP contribution in [0, 0.1) is 5.41 Å². The third-order valence-electron chi connectivity index (χ3n) is 6.04. The number of hydrogen-bond acceptors (Lipinski definition) is 6. The third-order valence-corrected chi connectivity index (χ3v) is 8.19.